The molecule has 3 rings (SSSR count). The smallest absolute Gasteiger partial charge is 0.261 e. The predicted molar refractivity (Wildman–Crippen MR) is 127 cm³/mol. The van der Waals surface area contributed by atoms with Crippen LogP contribution in [0.25, 0.3) is 0 Å². The lowest BCUT2D eigenvalue weighted by Crippen LogP contribution is -2.36. The largest absolute Gasteiger partial charge is 0.394 e. The van der Waals surface area contributed by atoms with E-state index in [2.05, 4.69) is 10.6 Å². The molecule has 1 aliphatic heterocycles. The lowest BCUT2D eigenvalue weighted by atomic mass is 9.85. The van der Waals surface area contributed by atoms with Crippen molar-refractivity contribution in [3.05, 3.63) is 43.6 Å². The molecule has 0 saturated carbocycles. The summed E-state index contributed by atoms with van der Waals surface area (Å²) in [5.74, 6) is -1.15. The van der Waals surface area contributed by atoms with Gasteiger partial charge in [0.05, 0.1) is 28.8 Å². The molecule has 0 aliphatic carbocycles. The van der Waals surface area contributed by atoms with Crippen molar-refractivity contribution in [2.24, 2.45) is 5.41 Å². The molecule has 0 saturated heterocycles. The fourth-order valence-corrected chi connectivity index (χ4v) is 5.03. The Bertz CT molecular complexity index is 1010. The SMILES string of the molecule is CN(CC(O)CO)C(=O)c1c(Nc2ccc(I)cc2F)sc2c1CC(C)(C)CNC2=O. The number of hydrogen-bond donors (Lipinski definition) is 4. The van der Waals surface area contributed by atoms with Gasteiger partial charge in [-0.2, -0.15) is 0 Å². The van der Waals surface area contributed by atoms with Gasteiger partial charge in [0.25, 0.3) is 11.8 Å². The zero-order valence-electron chi connectivity index (χ0n) is 17.5. The Labute approximate surface area is 197 Å². The van der Waals surface area contributed by atoms with E-state index in [0.29, 0.717) is 28.4 Å². The molecule has 10 heteroatoms. The minimum Gasteiger partial charge on any atom is -0.394 e. The van der Waals surface area contributed by atoms with Crippen molar-refractivity contribution in [2.75, 3.05) is 32.1 Å². The maximum absolute atomic E-state index is 14.5. The molecule has 0 fully saturated rings. The number of nitrogens with one attached hydrogen (secondary N) is 2. The quantitative estimate of drug-likeness (QED) is 0.407. The number of carbonyl (C=O) groups excluding carboxylic acids is 2. The third kappa shape index (κ3) is 5.36. The molecule has 2 aromatic rings. The second-order valence-corrected chi connectivity index (χ2v) is 10.7. The maximum Gasteiger partial charge on any atom is 0.261 e. The number of amides is 2. The molecule has 0 spiro atoms. The van der Waals surface area contributed by atoms with Crippen molar-refractivity contribution in [3.8, 4) is 0 Å². The lowest BCUT2D eigenvalue weighted by molar-refractivity contribution is 0.0520. The summed E-state index contributed by atoms with van der Waals surface area (Å²) in [6.45, 7) is 3.91. The van der Waals surface area contributed by atoms with E-state index in [1.807, 2.05) is 36.4 Å². The number of likely N-dealkylation sites (N-methyl/N-ethyl adjacent to an activating group) is 1. The number of hydrogen-bond acceptors (Lipinski definition) is 6. The molecular formula is C21H25FIN3O4S. The van der Waals surface area contributed by atoms with Crippen molar-refractivity contribution < 1.29 is 24.2 Å². The summed E-state index contributed by atoms with van der Waals surface area (Å²) in [5, 5.41) is 25.2. The first-order valence-electron chi connectivity index (χ1n) is 9.72. The summed E-state index contributed by atoms with van der Waals surface area (Å²) < 4.78 is 15.2. The van der Waals surface area contributed by atoms with Crippen LogP contribution in [0.3, 0.4) is 0 Å². The van der Waals surface area contributed by atoms with Gasteiger partial charge in [-0.3, -0.25) is 9.59 Å². The molecule has 0 radical (unpaired) electrons. The Balaban J connectivity index is 2.10. The van der Waals surface area contributed by atoms with Crippen LogP contribution in [0, 0.1) is 14.8 Å². The minimum atomic E-state index is -1.09. The number of halogens is 2. The highest BCUT2D eigenvalue weighted by molar-refractivity contribution is 14.1. The van der Waals surface area contributed by atoms with E-state index in [0.717, 1.165) is 14.9 Å². The van der Waals surface area contributed by atoms with E-state index in [-0.39, 0.29) is 29.1 Å². The average Bonchev–Trinajstić information content (AvgIpc) is 2.99. The summed E-state index contributed by atoms with van der Waals surface area (Å²) in [5.41, 5.74) is 0.805. The van der Waals surface area contributed by atoms with Crippen LogP contribution in [0.4, 0.5) is 15.1 Å². The topological polar surface area (TPSA) is 102 Å². The van der Waals surface area contributed by atoms with Crippen LogP contribution in [0.1, 0.15) is 39.4 Å². The molecule has 2 heterocycles. The van der Waals surface area contributed by atoms with Gasteiger partial charge in [0.2, 0.25) is 0 Å². The molecule has 2 amide bonds. The summed E-state index contributed by atoms with van der Waals surface area (Å²) in [6, 6.07) is 4.70. The second kappa shape index (κ2) is 9.39. The van der Waals surface area contributed by atoms with E-state index in [1.165, 1.54) is 18.0 Å². The highest BCUT2D eigenvalue weighted by Gasteiger charge is 2.35. The van der Waals surface area contributed by atoms with E-state index in [4.69, 9.17) is 5.11 Å². The van der Waals surface area contributed by atoms with Gasteiger partial charge in [0.15, 0.2) is 0 Å². The first-order valence-corrected chi connectivity index (χ1v) is 11.6. The van der Waals surface area contributed by atoms with Crippen LogP contribution in [0.2, 0.25) is 0 Å². The Morgan fingerprint density at radius 2 is 2.16 bits per heavy atom. The number of rotatable bonds is 6. The molecule has 4 N–H and O–H groups in total. The highest BCUT2D eigenvalue weighted by atomic mass is 127. The molecule has 1 atom stereocenters. The molecule has 0 bridgehead atoms. The summed E-state index contributed by atoms with van der Waals surface area (Å²) in [6.07, 6.45) is -0.609. The molecule has 7 nitrogen and oxygen atoms in total. The van der Waals surface area contributed by atoms with Gasteiger partial charge in [0, 0.05) is 23.7 Å². The highest BCUT2D eigenvalue weighted by Crippen LogP contribution is 2.41. The predicted octanol–water partition coefficient (Wildman–Crippen LogP) is 2.97. The molecule has 1 aromatic heterocycles. The van der Waals surface area contributed by atoms with Crippen molar-refractivity contribution >= 4 is 56.4 Å². The fraction of sp³-hybridized carbons (Fsp3) is 0.429. The molecule has 1 aromatic carbocycles. The third-order valence-corrected chi connectivity index (χ3v) is 6.85. The second-order valence-electron chi connectivity index (χ2n) is 8.41. The van der Waals surface area contributed by atoms with Gasteiger partial charge in [-0.05, 0) is 58.2 Å². The van der Waals surface area contributed by atoms with Gasteiger partial charge < -0.3 is 25.7 Å². The van der Waals surface area contributed by atoms with Crippen LogP contribution < -0.4 is 10.6 Å². The average molecular weight is 561 g/mol. The van der Waals surface area contributed by atoms with E-state index in [9.17, 15) is 19.1 Å². The van der Waals surface area contributed by atoms with Crippen LogP contribution in [0.5, 0.6) is 0 Å². The third-order valence-electron chi connectivity index (χ3n) is 5.03. The molecule has 168 valence electrons. The first-order chi connectivity index (χ1) is 14.5. The Morgan fingerprint density at radius 1 is 1.45 bits per heavy atom. The Kier molecular flexibility index (Phi) is 7.24. The molecule has 1 unspecified atom stereocenters. The number of benzene rings is 1. The van der Waals surface area contributed by atoms with Crippen molar-refractivity contribution in [1.29, 1.82) is 0 Å². The summed E-state index contributed by atoms with van der Waals surface area (Å²) in [7, 11) is 1.52. The molecule has 31 heavy (non-hydrogen) atoms. The standard InChI is InChI=1S/C21H25FIN3O4S/c1-21(2)7-13-16(20(30)26(3)8-12(28)9-27)19(31-17(13)18(29)24-10-21)25-15-5-4-11(23)6-14(15)22/h4-6,12,25,27-28H,7-10H2,1-3H3,(H,24,29). The molecular weight excluding hydrogens is 536 g/mol. The number of fused-ring (bicyclic) bond motifs is 1. The van der Waals surface area contributed by atoms with Gasteiger partial charge in [-0.15, -0.1) is 11.3 Å². The van der Waals surface area contributed by atoms with Crippen molar-refractivity contribution in [3.63, 3.8) is 0 Å². The van der Waals surface area contributed by atoms with Gasteiger partial charge in [0.1, 0.15) is 10.8 Å². The first kappa shape index (κ1) is 23.9. The number of aliphatic hydroxyl groups excluding tert-OH is 2. The zero-order chi connectivity index (χ0) is 22.9. The Morgan fingerprint density at radius 3 is 2.81 bits per heavy atom. The number of carbonyl (C=O) groups is 2. The zero-order valence-corrected chi connectivity index (χ0v) is 20.4. The lowest BCUT2D eigenvalue weighted by Gasteiger charge is -2.24. The fourth-order valence-electron chi connectivity index (χ4n) is 3.43. The minimum absolute atomic E-state index is 0.0765. The van der Waals surface area contributed by atoms with Crippen LogP contribution in [-0.2, 0) is 6.42 Å². The van der Waals surface area contributed by atoms with Crippen molar-refractivity contribution in [2.45, 2.75) is 26.4 Å². The number of anilines is 2. The van der Waals surface area contributed by atoms with E-state index in [1.54, 1.807) is 12.1 Å². The summed E-state index contributed by atoms with van der Waals surface area (Å²) in [4.78, 5) is 27.8. The van der Waals surface area contributed by atoms with Crippen LogP contribution in [-0.4, -0.2) is 59.8 Å². The van der Waals surface area contributed by atoms with Gasteiger partial charge >= 0.3 is 0 Å². The maximum atomic E-state index is 14.5. The van der Waals surface area contributed by atoms with E-state index >= 15 is 0 Å². The number of nitrogens with zero attached hydrogens (tertiary/aromatic N) is 1. The number of thiophene rings is 1. The normalized spacial score (nSPS) is 16.2. The van der Waals surface area contributed by atoms with Gasteiger partial charge in [-0.1, -0.05) is 13.8 Å². The van der Waals surface area contributed by atoms with Crippen LogP contribution >= 0.6 is 33.9 Å². The summed E-state index contributed by atoms with van der Waals surface area (Å²) >= 11 is 3.12. The Hall–Kier alpha value is -1.76. The number of aliphatic hydroxyl groups is 2. The molecule has 1 aliphatic rings. The monoisotopic (exact) mass is 561 g/mol. The van der Waals surface area contributed by atoms with Crippen LogP contribution in [0.15, 0.2) is 18.2 Å². The van der Waals surface area contributed by atoms with Gasteiger partial charge in [-0.25, -0.2) is 4.39 Å². The van der Waals surface area contributed by atoms with E-state index < -0.39 is 24.4 Å². The van der Waals surface area contributed by atoms with Crippen molar-refractivity contribution in [1.82, 2.24) is 10.2 Å².